The van der Waals surface area contributed by atoms with E-state index in [1.165, 1.54) is 0 Å². The Kier molecular flexibility index (Phi) is 4.75. The molecular weight excluding hydrogens is 302 g/mol. The van der Waals surface area contributed by atoms with Crippen LogP contribution in [0.3, 0.4) is 0 Å². The third kappa shape index (κ3) is 3.54. The van der Waals surface area contributed by atoms with Gasteiger partial charge in [0.15, 0.2) is 11.6 Å². The smallest absolute Gasteiger partial charge is 0.363 e. The molecule has 0 aromatic heterocycles. The fourth-order valence-corrected chi connectivity index (χ4v) is 2.61. The summed E-state index contributed by atoms with van der Waals surface area (Å²) in [6, 6.07) is 15.7. The highest BCUT2D eigenvalue weighted by molar-refractivity contribution is 6.07. The van der Waals surface area contributed by atoms with E-state index in [1.807, 2.05) is 55.5 Å². The lowest BCUT2D eigenvalue weighted by Crippen LogP contribution is -2.05. The zero-order valence-electron chi connectivity index (χ0n) is 13.8. The van der Waals surface area contributed by atoms with Crippen LogP contribution in [-0.4, -0.2) is 19.0 Å². The maximum absolute atomic E-state index is 12.0. The van der Waals surface area contributed by atoms with Crippen LogP contribution in [0.15, 0.2) is 59.2 Å². The summed E-state index contributed by atoms with van der Waals surface area (Å²) in [5.74, 6) is 0.886. The lowest BCUT2D eigenvalue weighted by Gasteiger charge is -2.07. The molecule has 2 aromatic carbocycles. The van der Waals surface area contributed by atoms with Crippen LogP contribution < -0.4 is 4.74 Å². The Hall–Kier alpha value is -2.88. The molecule has 2 aromatic rings. The number of nitrogens with zero attached hydrogens (tertiary/aromatic N) is 1. The van der Waals surface area contributed by atoms with Crippen molar-refractivity contribution in [2.75, 3.05) is 7.11 Å². The Morgan fingerprint density at radius 2 is 1.83 bits per heavy atom. The second-order valence-electron chi connectivity index (χ2n) is 5.59. The van der Waals surface area contributed by atoms with E-state index in [0.717, 1.165) is 22.4 Å². The molecule has 0 fully saturated rings. The molecule has 1 heterocycles. The van der Waals surface area contributed by atoms with Gasteiger partial charge in [0, 0.05) is 6.42 Å². The fourth-order valence-electron chi connectivity index (χ4n) is 2.61. The maximum Gasteiger partial charge on any atom is 0.363 e. The Labute approximate surface area is 141 Å². The Balaban J connectivity index is 1.74. The van der Waals surface area contributed by atoms with E-state index in [1.54, 1.807) is 13.2 Å². The second kappa shape index (κ2) is 7.13. The van der Waals surface area contributed by atoms with Gasteiger partial charge >= 0.3 is 5.97 Å². The van der Waals surface area contributed by atoms with E-state index in [-0.39, 0.29) is 0 Å². The molecule has 1 aliphatic heterocycles. The van der Waals surface area contributed by atoms with Crippen molar-refractivity contribution in [2.24, 2.45) is 4.99 Å². The summed E-state index contributed by atoms with van der Waals surface area (Å²) in [4.78, 5) is 16.3. The number of methoxy groups -OCH3 is 1. The molecular formula is C20H19NO3. The molecule has 0 aliphatic carbocycles. The molecule has 3 rings (SSSR count). The standard InChI is InChI=1S/C20H19NO3/c1-14-7-3-4-9-16(14)13-17-20(22)24-19(21-17)12-11-15-8-5-6-10-18(15)23-2/h3-10,13H,11-12H2,1-2H3/b17-13-. The first kappa shape index (κ1) is 16.0. The van der Waals surface area contributed by atoms with Crippen molar-refractivity contribution in [2.45, 2.75) is 19.8 Å². The van der Waals surface area contributed by atoms with Crippen molar-refractivity contribution in [3.8, 4) is 5.75 Å². The Morgan fingerprint density at radius 3 is 2.62 bits per heavy atom. The van der Waals surface area contributed by atoms with Crippen molar-refractivity contribution < 1.29 is 14.3 Å². The third-order valence-corrected chi connectivity index (χ3v) is 3.95. The summed E-state index contributed by atoms with van der Waals surface area (Å²) < 4.78 is 10.6. The summed E-state index contributed by atoms with van der Waals surface area (Å²) in [7, 11) is 1.65. The Morgan fingerprint density at radius 1 is 1.08 bits per heavy atom. The van der Waals surface area contributed by atoms with Gasteiger partial charge in [0.05, 0.1) is 7.11 Å². The van der Waals surface area contributed by atoms with Crippen LogP contribution >= 0.6 is 0 Å². The first-order valence-corrected chi connectivity index (χ1v) is 7.86. The van der Waals surface area contributed by atoms with Crippen molar-refractivity contribution in [3.63, 3.8) is 0 Å². The van der Waals surface area contributed by atoms with Gasteiger partial charge in [-0.15, -0.1) is 0 Å². The molecule has 0 radical (unpaired) electrons. The lowest BCUT2D eigenvalue weighted by atomic mass is 10.1. The van der Waals surface area contributed by atoms with Gasteiger partial charge in [0.2, 0.25) is 0 Å². The van der Waals surface area contributed by atoms with Crippen molar-refractivity contribution >= 4 is 17.9 Å². The van der Waals surface area contributed by atoms with Gasteiger partial charge in [-0.25, -0.2) is 9.79 Å². The number of benzene rings is 2. The minimum Gasteiger partial charge on any atom is -0.496 e. The number of carbonyl (C=O) groups excluding carboxylic acids is 1. The number of aryl methyl sites for hydroxylation is 2. The number of esters is 1. The van der Waals surface area contributed by atoms with E-state index in [2.05, 4.69) is 4.99 Å². The lowest BCUT2D eigenvalue weighted by molar-refractivity contribution is -0.130. The van der Waals surface area contributed by atoms with E-state index >= 15 is 0 Å². The van der Waals surface area contributed by atoms with Crippen molar-refractivity contribution in [3.05, 3.63) is 70.9 Å². The zero-order chi connectivity index (χ0) is 16.9. The maximum atomic E-state index is 12.0. The van der Waals surface area contributed by atoms with Crippen LogP contribution in [0, 0.1) is 6.92 Å². The third-order valence-electron chi connectivity index (χ3n) is 3.95. The minimum absolute atomic E-state index is 0.347. The zero-order valence-corrected chi connectivity index (χ0v) is 13.8. The molecule has 0 amide bonds. The van der Waals surface area contributed by atoms with Crippen LogP contribution in [-0.2, 0) is 16.0 Å². The van der Waals surface area contributed by atoms with E-state index in [4.69, 9.17) is 9.47 Å². The predicted molar refractivity (Wildman–Crippen MR) is 94.0 cm³/mol. The number of carbonyl (C=O) groups is 1. The molecule has 0 N–H and O–H groups in total. The summed E-state index contributed by atoms with van der Waals surface area (Å²) in [5.41, 5.74) is 3.48. The molecule has 0 bridgehead atoms. The largest absolute Gasteiger partial charge is 0.496 e. The van der Waals surface area contributed by atoms with E-state index in [0.29, 0.717) is 24.4 Å². The van der Waals surface area contributed by atoms with Crippen LogP contribution in [0.4, 0.5) is 0 Å². The average molecular weight is 321 g/mol. The number of ether oxygens (including phenoxy) is 2. The minimum atomic E-state index is -0.395. The molecule has 4 nitrogen and oxygen atoms in total. The molecule has 0 unspecified atom stereocenters. The summed E-state index contributed by atoms with van der Waals surface area (Å²) in [5, 5.41) is 0. The van der Waals surface area contributed by atoms with Crippen LogP contribution in [0.5, 0.6) is 5.75 Å². The molecule has 24 heavy (non-hydrogen) atoms. The quantitative estimate of drug-likeness (QED) is 0.619. The monoisotopic (exact) mass is 321 g/mol. The molecule has 0 spiro atoms. The van der Waals surface area contributed by atoms with Gasteiger partial charge < -0.3 is 9.47 Å². The number of hydrogen-bond donors (Lipinski definition) is 0. The van der Waals surface area contributed by atoms with Crippen molar-refractivity contribution in [1.82, 2.24) is 0 Å². The highest BCUT2D eigenvalue weighted by Crippen LogP contribution is 2.22. The number of cyclic esters (lactones) is 1. The van der Waals surface area contributed by atoms with Crippen LogP contribution in [0.1, 0.15) is 23.1 Å². The van der Waals surface area contributed by atoms with E-state index < -0.39 is 5.97 Å². The fraction of sp³-hybridized carbons (Fsp3) is 0.200. The first-order valence-electron chi connectivity index (χ1n) is 7.86. The van der Waals surface area contributed by atoms with Crippen LogP contribution in [0.25, 0.3) is 6.08 Å². The van der Waals surface area contributed by atoms with Gasteiger partial charge in [0.25, 0.3) is 0 Å². The van der Waals surface area contributed by atoms with Crippen LogP contribution in [0.2, 0.25) is 0 Å². The number of para-hydroxylation sites is 1. The van der Waals surface area contributed by atoms with Gasteiger partial charge in [-0.2, -0.15) is 0 Å². The van der Waals surface area contributed by atoms with Gasteiger partial charge in [-0.1, -0.05) is 42.5 Å². The van der Waals surface area contributed by atoms with E-state index in [9.17, 15) is 4.79 Å². The first-order chi connectivity index (χ1) is 11.7. The average Bonchev–Trinajstić information content (AvgIpc) is 2.95. The molecule has 122 valence electrons. The predicted octanol–water partition coefficient (Wildman–Crippen LogP) is 3.93. The highest BCUT2D eigenvalue weighted by Gasteiger charge is 2.23. The molecule has 0 saturated carbocycles. The van der Waals surface area contributed by atoms with Gasteiger partial charge in [-0.3, -0.25) is 0 Å². The van der Waals surface area contributed by atoms with Gasteiger partial charge in [-0.05, 0) is 42.2 Å². The number of hydrogen-bond acceptors (Lipinski definition) is 4. The molecule has 1 aliphatic rings. The summed E-state index contributed by atoms with van der Waals surface area (Å²) in [6.07, 6.45) is 3.03. The topological polar surface area (TPSA) is 47.9 Å². The normalized spacial score (nSPS) is 15.3. The number of rotatable bonds is 5. The molecule has 0 saturated heterocycles. The number of aliphatic imine (C=N–C) groups is 1. The SMILES string of the molecule is COc1ccccc1CCC1=N/C(=C\c2ccccc2C)C(=O)O1. The second-order valence-corrected chi connectivity index (χ2v) is 5.59. The van der Waals surface area contributed by atoms with Gasteiger partial charge in [0.1, 0.15) is 5.75 Å². The van der Waals surface area contributed by atoms with Crippen molar-refractivity contribution in [1.29, 1.82) is 0 Å². The highest BCUT2D eigenvalue weighted by atomic mass is 16.6. The Bertz CT molecular complexity index is 821. The summed E-state index contributed by atoms with van der Waals surface area (Å²) >= 11 is 0. The molecule has 4 heteroatoms. The summed E-state index contributed by atoms with van der Waals surface area (Å²) in [6.45, 7) is 2.00. The molecule has 0 atom stereocenters.